The van der Waals surface area contributed by atoms with Gasteiger partial charge < -0.3 is 15.4 Å². The van der Waals surface area contributed by atoms with Gasteiger partial charge in [0, 0.05) is 12.2 Å². The van der Waals surface area contributed by atoms with Gasteiger partial charge in [-0.1, -0.05) is 24.3 Å². The van der Waals surface area contributed by atoms with Crippen LogP contribution < -0.4 is 10.6 Å². The van der Waals surface area contributed by atoms with Gasteiger partial charge in [0.1, 0.15) is 12.1 Å². The van der Waals surface area contributed by atoms with Crippen molar-refractivity contribution in [3.8, 4) is 0 Å². The van der Waals surface area contributed by atoms with Crippen LogP contribution in [0.2, 0.25) is 0 Å². The van der Waals surface area contributed by atoms with Crippen LogP contribution in [0.4, 0.5) is 5.69 Å². The zero-order chi connectivity index (χ0) is 15.9. The molecule has 0 saturated carbocycles. The number of esters is 1. The molecule has 0 bridgehead atoms. The van der Waals surface area contributed by atoms with Crippen molar-refractivity contribution in [1.29, 1.82) is 0 Å². The van der Waals surface area contributed by atoms with E-state index in [0.717, 1.165) is 11.8 Å². The molecule has 0 fully saturated rings. The van der Waals surface area contributed by atoms with Crippen molar-refractivity contribution in [3.63, 3.8) is 0 Å². The summed E-state index contributed by atoms with van der Waals surface area (Å²) in [6.07, 6.45) is 1.12. The lowest BCUT2D eigenvalue weighted by Crippen LogP contribution is -2.50. The number of hydrogen-bond acceptors (Lipinski definition) is 4. The van der Waals surface area contributed by atoms with Gasteiger partial charge >= 0.3 is 5.97 Å². The minimum absolute atomic E-state index is 0.222. The third kappa shape index (κ3) is 5.69. The highest BCUT2D eigenvalue weighted by atomic mass is 16.5. The van der Waals surface area contributed by atoms with E-state index in [1.807, 2.05) is 31.2 Å². The van der Waals surface area contributed by atoms with Crippen molar-refractivity contribution in [2.24, 2.45) is 0 Å². The Morgan fingerprint density at radius 2 is 1.90 bits per heavy atom. The van der Waals surface area contributed by atoms with Crippen molar-refractivity contribution in [3.05, 3.63) is 42.5 Å². The summed E-state index contributed by atoms with van der Waals surface area (Å²) in [5.41, 5.74) is 1.08. The monoisotopic (exact) mass is 290 g/mol. The molecule has 0 radical (unpaired) electrons. The van der Waals surface area contributed by atoms with Gasteiger partial charge in [-0.25, -0.2) is 4.79 Å². The average Bonchev–Trinajstić information content (AvgIpc) is 2.44. The molecule has 5 heteroatoms. The maximum absolute atomic E-state index is 11.9. The zero-order valence-electron chi connectivity index (χ0n) is 12.7. The number of rotatable bonds is 7. The number of hydrogen-bond donors (Lipinski definition) is 2. The highest BCUT2D eigenvalue weighted by Gasteiger charge is 2.30. The van der Waals surface area contributed by atoms with E-state index in [1.165, 1.54) is 5.56 Å². The molecule has 5 nitrogen and oxygen atoms in total. The highest BCUT2D eigenvalue weighted by Crippen LogP contribution is 2.08. The summed E-state index contributed by atoms with van der Waals surface area (Å²) in [6.45, 7) is 9.26. The van der Waals surface area contributed by atoms with Crippen molar-refractivity contribution in [2.75, 3.05) is 18.5 Å². The van der Waals surface area contributed by atoms with Gasteiger partial charge in [0.05, 0.1) is 0 Å². The fourth-order valence-corrected chi connectivity index (χ4v) is 1.60. The Bertz CT molecular complexity index is 507. The van der Waals surface area contributed by atoms with Crippen molar-refractivity contribution >= 4 is 17.6 Å². The smallest absolute Gasteiger partial charge is 0.331 e. The van der Waals surface area contributed by atoms with E-state index in [2.05, 4.69) is 17.2 Å². The first-order chi connectivity index (χ1) is 9.85. The Hall–Kier alpha value is -2.30. The SMILES string of the molecule is C=CC(=O)NC(C)(C)C(=O)OCCNc1ccc(C)cc1. The lowest BCUT2D eigenvalue weighted by molar-refractivity contribution is -0.151. The average molecular weight is 290 g/mol. The first-order valence-corrected chi connectivity index (χ1v) is 6.77. The Morgan fingerprint density at radius 3 is 2.48 bits per heavy atom. The molecule has 1 amide bonds. The lowest BCUT2D eigenvalue weighted by Gasteiger charge is -2.23. The van der Waals surface area contributed by atoms with E-state index in [-0.39, 0.29) is 6.61 Å². The van der Waals surface area contributed by atoms with Gasteiger partial charge in [0.2, 0.25) is 5.91 Å². The molecule has 0 saturated heterocycles. The lowest BCUT2D eigenvalue weighted by atomic mass is 10.1. The van der Waals surface area contributed by atoms with Gasteiger partial charge in [0.15, 0.2) is 0 Å². The summed E-state index contributed by atoms with van der Waals surface area (Å²) in [4.78, 5) is 23.1. The number of benzene rings is 1. The first kappa shape index (κ1) is 16.8. The van der Waals surface area contributed by atoms with Crippen LogP contribution in [0.15, 0.2) is 36.9 Å². The molecule has 0 aliphatic rings. The Labute approximate surface area is 125 Å². The summed E-state index contributed by atoms with van der Waals surface area (Å²) < 4.78 is 5.15. The number of aryl methyl sites for hydroxylation is 1. The third-order valence-corrected chi connectivity index (χ3v) is 2.85. The Balaban J connectivity index is 2.34. The fourth-order valence-electron chi connectivity index (χ4n) is 1.60. The van der Waals surface area contributed by atoms with E-state index in [1.54, 1.807) is 13.8 Å². The maximum atomic E-state index is 11.9. The number of carbonyl (C=O) groups is 2. The number of anilines is 1. The molecular weight excluding hydrogens is 268 g/mol. The van der Waals surface area contributed by atoms with E-state index in [0.29, 0.717) is 6.54 Å². The predicted octanol–water partition coefficient (Wildman–Crippen LogP) is 2.03. The molecule has 2 N–H and O–H groups in total. The number of nitrogens with one attached hydrogen (secondary N) is 2. The van der Waals surface area contributed by atoms with E-state index >= 15 is 0 Å². The van der Waals surface area contributed by atoms with E-state index < -0.39 is 17.4 Å². The van der Waals surface area contributed by atoms with Gasteiger partial charge in [-0.05, 0) is 39.0 Å². The molecule has 0 aliphatic carbocycles. The van der Waals surface area contributed by atoms with Gasteiger partial charge in [-0.2, -0.15) is 0 Å². The fraction of sp³-hybridized carbons (Fsp3) is 0.375. The van der Waals surface area contributed by atoms with Crippen LogP contribution in [0, 0.1) is 6.92 Å². The van der Waals surface area contributed by atoms with E-state index in [9.17, 15) is 9.59 Å². The Morgan fingerprint density at radius 1 is 1.29 bits per heavy atom. The summed E-state index contributed by atoms with van der Waals surface area (Å²) in [6, 6.07) is 7.93. The molecule has 0 spiro atoms. The highest BCUT2D eigenvalue weighted by molar-refractivity contribution is 5.92. The maximum Gasteiger partial charge on any atom is 0.331 e. The number of amides is 1. The summed E-state index contributed by atoms with van der Waals surface area (Å²) in [7, 11) is 0. The standard InChI is InChI=1S/C16H22N2O3/c1-5-14(19)18-16(3,4)15(20)21-11-10-17-13-8-6-12(2)7-9-13/h5-9,17H,1,10-11H2,2-4H3,(H,18,19). The quantitative estimate of drug-likeness (QED) is 0.458. The first-order valence-electron chi connectivity index (χ1n) is 6.77. The normalized spacial score (nSPS) is 10.6. The molecule has 0 heterocycles. The molecule has 114 valence electrons. The van der Waals surface area contributed by atoms with E-state index in [4.69, 9.17) is 4.74 Å². The molecule has 1 rings (SSSR count). The van der Waals surface area contributed by atoms with Gasteiger partial charge in [0.25, 0.3) is 0 Å². The molecule has 0 aliphatic heterocycles. The second kappa shape index (κ2) is 7.47. The van der Waals surface area contributed by atoms with Crippen molar-refractivity contribution < 1.29 is 14.3 Å². The largest absolute Gasteiger partial charge is 0.462 e. The van der Waals surface area contributed by atoms with Crippen LogP contribution >= 0.6 is 0 Å². The van der Waals surface area contributed by atoms with Crippen LogP contribution in [-0.4, -0.2) is 30.6 Å². The number of ether oxygens (including phenoxy) is 1. The van der Waals surface area contributed by atoms with Crippen molar-refractivity contribution in [2.45, 2.75) is 26.3 Å². The second-order valence-corrected chi connectivity index (χ2v) is 5.25. The molecular formula is C16H22N2O3. The molecule has 0 atom stereocenters. The van der Waals surface area contributed by atoms with Crippen LogP contribution in [0.5, 0.6) is 0 Å². The van der Waals surface area contributed by atoms with Crippen molar-refractivity contribution in [1.82, 2.24) is 5.32 Å². The van der Waals surface area contributed by atoms with Crippen LogP contribution in [0.25, 0.3) is 0 Å². The third-order valence-electron chi connectivity index (χ3n) is 2.85. The topological polar surface area (TPSA) is 67.4 Å². The summed E-state index contributed by atoms with van der Waals surface area (Å²) in [5, 5.41) is 5.67. The minimum Gasteiger partial charge on any atom is -0.462 e. The molecule has 21 heavy (non-hydrogen) atoms. The van der Waals surface area contributed by atoms with Gasteiger partial charge in [-0.15, -0.1) is 0 Å². The Kier molecular flexibility index (Phi) is 5.96. The van der Waals surface area contributed by atoms with Gasteiger partial charge in [-0.3, -0.25) is 4.79 Å². The molecule has 1 aromatic carbocycles. The van der Waals surface area contributed by atoms with Crippen LogP contribution in [-0.2, 0) is 14.3 Å². The molecule has 0 unspecified atom stereocenters. The summed E-state index contributed by atoms with van der Waals surface area (Å²) in [5.74, 6) is -0.891. The van der Waals surface area contributed by atoms with Crippen LogP contribution in [0.1, 0.15) is 19.4 Å². The second-order valence-electron chi connectivity index (χ2n) is 5.25. The minimum atomic E-state index is -1.07. The molecule has 0 aromatic heterocycles. The zero-order valence-corrected chi connectivity index (χ0v) is 12.7. The summed E-state index contributed by atoms with van der Waals surface area (Å²) >= 11 is 0. The molecule has 1 aromatic rings. The predicted molar refractivity (Wildman–Crippen MR) is 83.0 cm³/mol. The number of carbonyl (C=O) groups excluding carboxylic acids is 2. The van der Waals surface area contributed by atoms with Crippen LogP contribution in [0.3, 0.4) is 0 Å².